The number of carbonyl (C=O) groups is 1. The Kier molecular flexibility index (Phi) is 5.80. The number of aryl methyl sites for hydroxylation is 2. The zero-order valence-corrected chi connectivity index (χ0v) is 17.4. The van der Waals surface area contributed by atoms with Gasteiger partial charge in [-0.1, -0.05) is 78.2 Å². The highest BCUT2D eigenvalue weighted by atomic mass is 32.2. The maximum Gasteiger partial charge on any atom is 0.242 e. The summed E-state index contributed by atoms with van der Waals surface area (Å²) < 4.78 is 1.80. The van der Waals surface area contributed by atoms with Crippen LogP contribution in [-0.2, 0) is 17.6 Å². The number of thioether (sulfide) groups is 2. The molecule has 0 bridgehead atoms. The lowest BCUT2D eigenvalue weighted by Crippen LogP contribution is -2.28. The van der Waals surface area contributed by atoms with Gasteiger partial charge in [0.1, 0.15) is 0 Å². The molecule has 3 aromatic rings. The lowest BCUT2D eigenvalue weighted by molar-refractivity contribution is -0.115. The van der Waals surface area contributed by atoms with Gasteiger partial charge >= 0.3 is 0 Å². The third-order valence-electron chi connectivity index (χ3n) is 4.35. The quantitative estimate of drug-likeness (QED) is 0.538. The van der Waals surface area contributed by atoms with Gasteiger partial charge in [0, 0.05) is 0 Å². The molecule has 27 heavy (non-hydrogen) atoms. The first-order valence-electron chi connectivity index (χ1n) is 8.84. The highest BCUT2D eigenvalue weighted by Crippen LogP contribution is 2.37. The largest absolute Gasteiger partial charge is 0.280 e. The fourth-order valence-electron chi connectivity index (χ4n) is 3.17. The maximum atomic E-state index is 13.2. The Bertz CT molecular complexity index is 909. The van der Waals surface area contributed by atoms with Crippen molar-refractivity contribution < 1.29 is 4.79 Å². The van der Waals surface area contributed by atoms with Gasteiger partial charge in [0.15, 0.2) is 8.68 Å². The van der Waals surface area contributed by atoms with Gasteiger partial charge in [0.05, 0.1) is 17.1 Å². The molecule has 138 valence electrons. The highest BCUT2D eigenvalue weighted by Gasteiger charge is 2.25. The molecule has 4 nitrogen and oxygen atoms in total. The third-order valence-corrected chi connectivity index (χ3v) is 7.41. The molecule has 0 radical (unpaired) electrons. The summed E-state index contributed by atoms with van der Waals surface area (Å²) >= 11 is 4.70. The Morgan fingerprint density at radius 1 is 0.963 bits per heavy atom. The Hall–Kier alpha value is -1.83. The SMILES string of the molecule is CCSc1nnc(SCC(=O)N2c3ccccc3CCc3ccccc32)s1. The lowest BCUT2D eigenvalue weighted by atomic mass is 10.0. The van der Waals surface area contributed by atoms with E-state index >= 15 is 0 Å². The van der Waals surface area contributed by atoms with E-state index in [9.17, 15) is 4.79 Å². The second-order valence-electron chi connectivity index (χ2n) is 6.04. The van der Waals surface area contributed by atoms with Gasteiger partial charge < -0.3 is 0 Å². The lowest BCUT2D eigenvalue weighted by Gasteiger charge is -2.24. The predicted octanol–water partition coefficient (Wildman–Crippen LogP) is 5.21. The van der Waals surface area contributed by atoms with Gasteiger partial charge in [-0.2, -0.15) is 0 Å². The average molecular weight is 414 g/mol. The van der Waals surface area contributed by atoms with Crippen molar-refractivity contribution in [3.05, 3.63) is 59.7 Å². The minimum Gasteiger partial charge on any atom is -0.280 e. The van der Waals surface area contributed by atoms with Crippen LogP contribution >= 0.6 is 34.9 Å². The topological polar surface area (TPSA) is 46.1 Å². The van der Waals surface area contributed by atoms with Crippen LogP contribution < -0.4 is 4.90 Å². The standard InChI is InChI=1S/C20H19N3OS3/c1-2-25-19-21-22-20(27-19)26-13-18(24)23-16-9-5-3-7-14(16)11-12-15-8-4-6-10-17(15)23/h3-10H,2,11-13H2,1H3. The van der Waals surface area contributed by atoms with Crippen molar-refractivity contribution in [2.24, 2.45) is 0 Å². The van der Waals surface area contributed by atoms with Crippen LogP contribution in [0.5, 0.6) is 0 Å². The number of hydrogen-bond donors (Lipinski definition) is 0. The molecule has 1 aromatic heterocycles. The van der Waals surface area contributed by atoms with E-state index < -0.39 is 0 Å². The molecular weight excluding hydrogens is 394 g/mol. The van der Waals surface area contributed by atoms with Gasteiger partial charge in [-0.3, -0.25) is 9.69 Å². The molecule has 0 aliphatic carbocycles. The molecule has 1 aliphatic rings. The van der Waals surface area contributed by atoms with Crippen LogP contribution in [0.15, 0.2) is 57.2 Å². The fourth-order valence-corrected chi connectivity index (χ4v) is 5.94. The average Bonchev–Trinajstić information content (AvgIpc) is 3.07. The van der Waals surface area contributed by atoms with Crippen LogP contribution in [0.1, 0.15) is 18.1 Å². The van der Waals surface area contributed by atoms with Gasteiger partial charge in [-0.05, 0) is 41.9 Å². The number of carbonyl (C=O) groups excluding carboxylic acids is 1. The van der Waals surface area contributed by atoms with Gasteiger partial charge in [0.2, 0.25) is 5.91 Å². The van der Waals surface area contributed by atoms with Crippen LogP contribution in [0.25, 0.3) is 0 Å². The summed E-state index contributed by atoms with van der Waals surface area (Å²) in [4.78, 5) is 15.1. The number of aromatic nitrogens is 2. The van der Waals surface area contributed by atoms with Crippen LogP contribution in [0.4, 0.5) is 11.4 Å². The highest BCUT2D eigenvalue weighted by molar-refractivity contribution is 8.03. The molecular formula is C20H19N3OS3. The summed E-state index contributed by atoms with van der Waals surface area (Å²) in [6, 6.07) is 16.4. The van der Waals surface area contributed by atoms with Gasteiger partial charge in [-0.15, -0.1) is 10.2 Å². The number of fused-ring (bicyclic) bond motifs is 2. The van der Waals surface area contributed by atoms with E-state index in [1.54, 1.807) is 23.1 Å². The molecule has 1 aliphatic heterocycles. The monoisotopic (exact) mass is 413 g/mol. The van der Waals surface area contributed by atoms with Gasteiger partial charge in [0.25, 0.3) is 0 Å². The molecule has 2 aromatic carbocycles. The zero-order chi connectivity index (χ0) is 18.6. The Labute approximate surface area is 171 Å². The third kappa shape index (κ3) is 4.05. The van der Waals surface area contributed by atoms with Crippen molar-refractivity contribution in [1.82, 2.24) is 10.2 Å². The Morgan fingerprint density at radius 2 is 1.52 bits per heavy atom. The molecule has 0 N–H and O–H groups in total. The van der Waals surface area contributed by atoms with E-state index in [1.807, 2.05) is 41.3 Å². The first-order valence-corrected chi connectivity index (χ1v) is 11.6. The molecule has 0 atom stereocenters. The number of benzene rings is 2. The first-order chi connectivity index (χ1) is 13.3. The number of amides is 1. The van der Waals surface area contributed by atoms with Crippen LogP contribution in [0, 0.1) is 0 Å². The van der Waals surface area contributed by atoms with E-state index in [2.05, 4.69) is 29.3 Å². The number of hydrogen-bond acceptors (Lipinski definition) is 6. The molecule has 0 fully saturated rings. The van der Waals surface area contributed by atoms with Crippen molar-refractivity contribution in [2.45, 2.75) is 28.4 Å². The summed E-state index contributed by atoms with van der Waals surface area (Å²) in [6.45, 7) is 2.09. The normalized spacial score (nSPS) is 13.0. The molecule has 4 rings (SSSR count). The van der Waals surface area contributed by atoms with Crippen molar-refractivity contribution in [3.8, 4) is 0 Å². The molecule has 0 unspecified atom stereocenters. The second-order valence-corrected chi connectivity index (χ2v) is 9.75. The number of nitrogens with zero attached hydrogens (tertiary/aromatic N) is 3. The summed E-state index contributed by atoms with van der Waals surface area (Å²) in [5.74, 6) is 1.38. The van der Waals surface area contributed by atoms with Crippen molar-refractivity contribution in [3.63, 3.8) is 0 Å². The molecule has 1 amide bonds. The van der Waals surface area contributed by atoms with Crippen LogP contribution in [0.2, 0.25) is 0 Å². The summed E-state index contributed by atoms with van der Waals surface area (Å²) in [7, 11) is 0. The summed E-state index contributed by atoms with van der Waals surface area (Å²) in [6.07, 6.45) is 1.89. The van der Waals surface area contributed by atoms with E-state index in [0.29, 0.717) is 5.75 Å². The van der Waals surface area contributed by atoms with E-state index in [4.69, 9.17) is 0 Å². The fraction of sp³-hybridized carbons (Fsp3) is 0.250. The smallest absolute Gasteiger partial charge is 0.242 e. The van der Waals surface area contributed by atoms with Crippen LogP contribution in [-0.4, -0.2) is 27.6 Å². The molecule has 0 saturated heterocycles. The second kappa shape index (κ2) is 8.46. The van der Waals surface area contributed by atoms with Crippen LogP contribution in [0.3, 0.4) is 0 Å². The van der Waals surface area contributed by atoms with Crippen molar-refractivity contribution in [2.75, 3.05) is 16.4 Å². The van der Waals surface area contributed by atoms with E-state index in [0.717, 1.165) is 38.6 Å². The number of rotatable bonds is 5. The van der Waals surface area contributed by atoms with Gasteiger partial charge in [-0.25, -0.2) is 0 Å². The summed E-state index contributed by atoms with van der Waals surface area (Å²) in [5.41, 5.74) is 4.41. The van der Waals surface area contributed by atoms with E-state index in [-0.39, 0.29) is 5.91 Å². The molecule has 7 heteroatoms. The Morgan fingerprint density at radius 3 is 2.11 bits per heavy atom. The predicted molar refractivity (Wildman–Crippen MR) is 114 cm³/mol. The minimum absolute atomic E-state index is 0.0710. The van der Waals surface area contributed by atoms with Crippen molar-refractivity contribution >= 4 is 52.1 Å². The zero-order valence-electron chi connectivity index (χ0n) is 14.9. The first kappa shape index (κ1) is 18.5. The Balaban J connectivity index is 1.60. The summed E-state index contributed by atoms with van der Waals surface area (Å²) in [5, 5.41) is 8.37. The molecule has 2 heterocycles. The van der Waals surface area contributed by atoms with E-state index in [1.165, 1.54) is 22.9 Å². The molecule has 0 saturated carbocycles. The minimum atomic E-state index is 0.0710. The number of para-hydroxylation sites is 2. The van der Waals surface area contributed by atoms with Crippen molar-refractivity contribution in [1.29, 1.82) is 0 Å². The molecule has 0 spiro atoms. The maximum absolute atomic E-state index is 13.2. The number of anilines is 2.